The summed E-state index contributed by atoms with van der Waals surface area (Å²) in [6.07, 6.45) is 2.77. The van der Waals surface area contributed by atoms with E-state index in [2.05, 4.69) is 5.32 Å². The van der Waals surface area contributed by atoms with Gasteiger partial charge in [0.05, 0.1) is 11.6 Å². The van der Waals surface area contributed by atoms with Gasteiger partial charge in [-0.3, -0.25) is 14.4 Å². The maximum absolute atomic E-state index is 12.5. The van der Waals surface area contributed by atoms with Gasteiger partial charge in [-0.15, -0.1) is 11.8 Å². The maximum atomic E-state index is 12.5. The summed E-state index contributed by atoms with van der Waals surface area (Å²) >= 11 is 1.46. The van der Waals surface area contributed by atoms with E-state index < -0.39 is 11.9 Å². The second-order valence-corrected chi connectivity index (χ2v) is 7.09. The number of para-hydroxylation sites is 1. The van der Waals surface area contributed by atoms with Gasteiger partial charge in [0.2, 0.25) is 11.8 Å². The molecule has 24 heavy (non-hydrogen) atoms. The van der Waals surface area contributed by atoms with Crippen molar-refractivity contribution in [3.8, 4) is 0 Å². The summed E-state index contributed by atoms with van der Waals surface area (Å²) in [6.45, 7) is 0. The molecule has 1 saturated carbocycles. The van der Waals surface area contributed by atoms with E-state index in [1.54, 1.807) is 0 Å². The molecule has 2 amide bonds. The van der Waals surface area contributed by atoms with Crippen LogP contribution in [0.3, 0.4) is 0 Å². The molecule has 0 radical (unpaired) electrons. The molecular weight excluding hydrogens is 328 g/mol. The zero-order valence-electron chi connectivity index (χ0n) is 13.4. The Balaban J connectivity index is 1.98. The first-order chi connectivity index (χ1) is 11.5. The highest BCUT2D eigenvalue weighted by molar-refractivity contribution is 7.99. The minimum absolute atomic E-state index is 0.135. The van der Waals surface area contributed by atoms with E-state index in [0.29, 0.717) is 30.7 Å². The average molecular weight is 350 g/mol. The van der Waals surface area contributed by atoms with Crippen LogP contribution < -0.4 is 11.1 Å². The van der Waals surface area contributed by atoms with Crippen LogP contribution in [0, 0.1) is 11.8 Å². The topological polar surface area (TPSA) is 109 Å². The highest BCUT2D eigenvalue weighted by Gasteiger charge is 2.31. The fourth-order valence-corrected chi connectivity index (χ4v) is 3.82. The largest absolute Gasteiger partial charge is 0.481 e. The molecule has 0 bridgehead atoms. The lowest BCUT2D eigenvalue weighted by molar-refractivity contribution is -0.143. The Morgan fingerprint density at radius 2 is 1.92 bits per heavy atom. The summed E-state index contributed by atoms with van der Waals surface area (Å²) in [7, 11) is 0. The number of primary amides is 1. The van der Waals surface area contributed by atoms with Crippen molar-refractivity contribution in [1.29, 1.82) is 0 Å². The Bertz CT molecular complexity index is 620. The summed E-state index contributed by atoms with van der Waals surface area (Å²) < 4.78 is 0. The van der Waals surface area contributed by atoms with Gasteiger partial charge in [0.15, 0.2) is 0 Å². The van der Waals surface area contributed by atoms with E-state index in [0.717, 1.165) is 11.3 Å². The van der Waals surface area contributed by atoms with Crippen molar-refractivity contribution in [3.05, 3.63) is 24.3 Å². The number of carbonyl (C=O) groups is 3. The van der Waals surface area contributed by atoms with Crippen molar-refractivity contribution in [2.24, 2.45) is 17.6 Å². The molecule has 0 aromatic heterocycles. The molecule has 1 aromatic rings. The molecule has 1 fully saturated rings. The van der Waals surface area contributed by atoms with Gasteiger partial charge in [-0.05, 0) is 31.4 Å². The Labute approximate surface area is 145 Å². The van der Waals surface area contributed by atoms with Gasteiger partial charge in [-0.25, -0.2) is 0 Å². The third-order valence-corrected chi connectivity index (χ3v) is 5.22. The van der Waals surface area contributed by atoms with Gasteiger partial charge in [0.1, 0.15) is 0 Å². The Kier molecular flexibility index (Phi) is 6.66. The zero-order valence-corrected chi connectivity index (χ0v) is 14.2. The lowest BCUT2D eigenvalue weighted by atomic mass is 9.81. The molecule has 2 rings (SSSR count). The number of carbonyl (C=O) groups excluding carboxylic acids is 2. The fraction of sp³-hybridized carbons (Fsp3) is 0.471. The molecule has 7 heteroatoms. The van der Waals surface area contributed by atoms with Crippen molar-refractivity contribution in [2.45, 2.75) is 37.0 Å². The van der Waals surface area contributed by atoms with Gasteiger partial charge in [0.25, 0.3) is 0 Å². The number of hydrogen-bond donors (Lipinski definition) is 3. The predicted octanol–water partition coefficient (Wildman–Crippen LogP) is 2.48. The number of hydrogen-bond acceptors (Lipinski definition) is 4. The van der Waals surface area contributed by atoms with E-state index in [9.17, 15) is 14.4 Å². The van der Waals surface area contributed by atoms with Crippen molar-refractivity contribution in [3.63, 3.8) is 0 Å². The summed E-state index contributed by atoms with van der Waals surface area (Å²) in [5.41, 5.74) is 5.83. The Morgan fingerprint density at radius 3 is 2.62 bits per heavy atom. The number of nitrogens with one attached hydrogen (secondary N) is 1. The molecule has 4 N–H and O–H groups in total. The van der Waals surface area contributed by atoms with Crippen LogP contribution in [-0.2, 0) is 14.4 Å². The lowest BCUT2D eigenvalue weighted by Gasteiger charge is -2.26. The van der Waals surface area contributed by atoms with Crippen LogP contribution in [0.25, 0.3) is 0 Å². The number of carboxylic acids is 1. The van der Waals surface area contributed by atoms with Gasteiger partial charge < -0.3 is 16.2 Å². The highest BCUT2D eigenvalue weighted by Crippen LogP contribution is 2.32. The summed E-state index contributed by atoms with van der Waals surface area (Å²) in [5.74, 6) is -1.48. The molecule has 1 aromatic carbocycles. The van der Waals surface area contributed by atoms with Gasteiger partial charge in [0, 0.05) is 23.0 Å². The molecule has 1 aliphatic rings. The van der Waals surface area contributed by atoms with E-state index in [1.807, 2.05) is 24.3 Å². The molecule has 1 aliphatic carbocycles. The van der Waals surface area contributed by atoms with Crippen LogP contribution in [0.4, 0.5) is 5.69 Å². The number of rotatable bonds is 7. The third kappa shape index (κ3) is 5.26. The van der Waals surface area contributed by atoms with Crippen LogP contribution in [-0.4, -0.2) is 28.6 Å². The molecule has 2 atom stereocenters. The van der Waals surface area contributed by atoms with Crippen LogP contribution >= 0.6 is 11.8 Å². The van der Waals surface area contributed by atoms with Gasteiger partial charge in [-0.1, -0.05) is 18.6 Å². The molecule has 0 aliphatic heterocycles. The highest BCUT2D eigenvalue weighted by atomic mass is 32.2. The monoisotopic (exact) mass is 350 g/mol. The summed E-state index contributed by atoms with van der Waals surface area (Å²) in [5, 5.41) is 12.0. The maximum Gasteiger partial charge on any atom is 0.306 e. The van der Waals surface area contributed by atoms with Crippen LogP contribution in [0.2, 0.25) is 0 Å². The normalized spacial score (nSPS) is 20.3. The van der Waals surface area contributed by atoms with Crippen molar-refractivity contribution in [2.75, 3.05) is 11.1 Å². The number of benzene rings is 1. The van der Waals surface area contributed by atoms with E-state index in [1.165, 1.54) is 11.8 Å². The SMILES string of the molecule is NC(=O)CCSc1ccccc1NC(=O)C1CCCC(C(=O)O)C1. The smallest absolute Gasteiger partial charge is 0.306 e. The fourth-order valence-electron chi connectivity index (χ4n) is 2.84. The summed E-state index contributed by atoms with van der Waals surface area (Å²) in [4.78, 5) is 35.3. The molecule has 130 valence electrons. The average Bonchev–Trinajstić information content (AvgIpc) is 2.56. The number of amides is 2. The number of anilines is 1. The minimum atomic E-state index is -0.824. The molecule has 2 unspecified atom stereocenters. The number of nitrogens with two attached hydrogens (primary N) is 1. The third-order valence-electron chi connectivity index (χ3n) is 4.15. The Hall–Kier alpha value is -2.02. The second kappa shape index (κ2) is 8.73. The number of carboxylic acid groups (broad SMARTS) is 1. The summed E-state index contributed by atoms with van der Waals surface area (Å²) in [6, 6.07) is 7.38. The van der Waals surface area contributed by atoms with Crippen molar-refractivity contribution in [1.82, 2.24) is 0 Å². The zero-order chi connectivity index (χ0) is 17.5. The second-order valence-electron chi connectivity index (χ2n) is 5.95. The Morgan fingerprint density at radius 1 is 1.21 bits per heavy atom. The quantitative estimate of drug-likeness (QED) is 0.655. The first kappa shape index (κ1) is 18.3. The van der Waals surface area contributed by atoms with Crippen molar-refractivity contribution < 1.29 is 19.5 Å². The minimum Gasteiger partial charge on any atom is -0.481 e. The molecule has 6 nitrogen and oxygen atoms in total. The lowest BCUT2D eigenvalue weighted by Crippen LogP contribution is -2.31. The van der Waals surface area contributed by atoms with Gasteiger partial charge in [-0.2, -0.15) is 0 Å². The predicted molar refractivity (Wildman–Crippen MR) is 92.7 cm³/mol. The number of thioether (sulfide) groups is 1. The molecule has 0 spiro atoms. The standard InChI is InChI=1S/C17H22N2O4S/c18-15(20)8-9-24-14-7-2-1-6-13(14)19-16(21)11-4-3-5-12(10-11)17(22)23/h1-2,6-7,11-12H,3-5,8-10H2,(H2,18,20)(H,19,21)(H,22,23). The van der Waals surface area contributed by atoms with Crippen LogP contribution in [0.15, 0.2) is 29.2 Å². The number of aliphatic carboxylic acids is 1. The first-order valence-electron chi connectivity index (χ1n) is 8.01. The van der Waals surface area contributed by atoms with E-state index in [-0.39, 0.29) is 24.2 Å². The molecular formula is C17H22N2O4S. The molecule has 0 heterocycles. The van der Waals surface area contributed by atoms with Crippen molar-refractivity contribution >= 4 is 35.2 Å². The van der Waals surface area contributed by atoms with Crippen LogP contribution in [0.1, 0.15) is 32.1 Å². The van der Waals surface area contributed by atoms with Crippen LogP contribution in [0.5, 0.6) is 0 Å². The van der Waals surface area contributed by atoms with Gasteiger partial charge >= 0.3 is 5.97 Å². The molecule has 0 saturated heterocycles. The first-order valence-corrected chi connectivity index (χ1v) is 8.99. The van der Waals surface area contributed by atoms with E-state index >= 15 is 0 Å². The van der Waals surface area contributed by atoms with E-state index in [4.69, 9.17) is 10.8 Å².